The third kappa shape index (κ3) is 5.79. The minimum absolute atomic E-state index is 0.0723. The van der Waals surface area contributed by atoms with Gasteiger partial charge in [-0.05, 0) is 30.5 Å². The standard InChI is InChI=1S/C14H19F2NO2/c1-9(2)8-19-10(3)14(18)17-7-11-4-12(15)6-13(16)5-11/h4-6,9-10H,7-8H2,1-3H3,(H,17,18). The van der Waals surface area contributed by atoms with Crippen LogP contribution in [0.5, 0.6) is 0 Å². The molecular formula is C14H19F2NO2. The molecule has 0 saturated heterocycles. The fourth-order valence-corrected chi connectivity index (χ4v) is 1.46. The molecule has 0 aliphatic rings. The van der Waals surface area contributed by atoms with Crippen LogP contribution >= 0.6 is 0 Å². The zero-order valence-electron chi connectivity index (χ0n) is 11.4. The van der Waals surface area contributed by atoms with Crippen molar-refractivity contribution in [2.24, 2.45) is 5.92 Å². The van der Waals surface area contributed by atoms with E-state index in [0.717, 1.165) is 6.07 Å². The van der Waals surface area contributed by atoms with E-state index >= 15 is 0 Å². The largest absolute Gasteiger partial charge is 0.368 e. The van der Waals surface area contributed by atoms with Crippen molar-refractivity contribution in [1.29, 1.82) is 0 Å². The zero-order valence-corrected chi connectivity index (χ0v) is 11.4. The number of ether oxygens (including phenoxy) is 1. The molecule has 5 heteroatoms. The van der Waals surface area contributed by atoms with E-state index < -0.39 is 17.7 Å². The molecule has 3 nitrogen and oxygen atoms in total. The van der Waals surface area contributed by atoms with Gasteiger partial charge >= 0.3 is 0 Å². The van der Waals surface area contributed by atoms with Crippen LogP contribution in [-0.4, -0.2) is 18.6 Å². The molecule has 1 atom stereocenters. The molecule has 1 N–H and O–H groups in total. The van der Waals surface area contributed by atoms with Crippen LogP contribution in [0.4, 0.5) is 8.78 Å². The van der Waals surface area contributed by atoms with Gasteiger partial charge in [0.2, 0.25) is 5.91 Å². The Bertz CT molecular complexity index is 415. The minimum Gasteiger partial charge on any atom is -0.368 e. The number of benzene rings is 1. The number of rotatable bonds is 6. The van der Waals surface area contributed by atoms with Gasteiger partial charge in [-0.3, -0.25) is 4.79 Å². The Morgan fingerprint density at radius 2 is 1.79 bits per heavy atom. The van der Waals surface area contributed by atoms with E-state index in [-0.39, 0.29) is 12.5 Å². The minimum atomic E-state index is -0.659. The zero-order chi connectivity index (χ0) is 14.4. The number of halogens is 2. The second-order valence-electron chi connectivity index (χ2n) is 4.86. The number of nitrogens with one attached hydrogen (secondary N) is 1. The first-order chi connectivity index (χ1) is 8.88. The molecule has 1 rings (SSSR count). The molecule has 106 valence electrons. The molecule has 19 heavy (non-hydrogen) atoms. The van der Waals surface area contributed by atoms with Crippen molar-refractivity contribution in [3.8, 4) is 0 Å². The molecule has 1 amide bonds. The Balaban J connectivity index is 2.45. The SMILES string of the molecule is CC(C)COC(C)C(=O)NCc1cc(F)cc(F)c1. The number of carbonyl (C=O) groups is 1. The lowest BCUT2D eigenvalue weighted by atomic mass is 10.2. The second-order valence-corrected chi connectivity index (χ2v) is 4.86. The van der Waals surface area contributed by atoms with Gasteiger partial charge in [-0.2, -0.15) is 0 Å². The third-order valence-corrected chi connectivity index (χ3v) is 2.44. The van der Waals surface area contributed by atoms with Gasteiger partial charge in [-0.15, -0.1) is 0 Å². The highest BCUT2D eigenvalue weighted by molar-refractivity contribution is 5.80. The van der Waals surface area contributed by atoms with Crippen molar-refractivity contribution in [2.75, 3.05) is 6.61 Å². The number of carbonyl (C=O) groups excluding carboxylic acids is 1. The Labute approximate surface area is 112 Å². The average molecular weight is 271 g/mol. The number of hydrogen-bond acceptors (Lipinski definition) is 2. The van der Waals surface area contributed by atoms with Crippen LogP contribution in [-0.2, 0) is 16.1 Å². The van der Waals surface area contributed by atoms with Gasteiger partial charge in [0.25, 0.3) is 0 Å². The molecule has 0 radical (unpaired) electrons. The number of hydrogen-bond donors (Lipinski definition) is 1. The van der Waals surface area contributed by atoms with Gasteiger partial charge in [0.15, 0.2) is 0 Å². The second kappa shape index (κ2) is 7.19. The molecule has 0 aliphatic heterocycles. The Morgan fingerprint density at radius 3 is 2.32 bits per heavy atom. The van der Waals surface area contributed by atoms with E-state index in [9.17, 15) is 13.6 Å². The van der Waals surface area contributed by atoms with Crippen molar-refractivity contribution < 1.29 is 18.3 Å². The summed E-state index contributed by atoms with van der Waals surface area (Å²) in [7, 11) is 0. The lowest BCUT2D eigenvalue weighted by Crippen LogP contribution is -2.34. The predicted molar refractivity (Wildman–Crippen MR) is 68.5 cm³/mol. The van der Waals surface area contributed by atoms with E-state index in [4.69, 9.17) is 4.74 Å². The Hall–Kier alpha value is -1.49. The van der Waals surface area contributed by atoms with Crippen LogP contribution < -0.4 is 5.32 Å². The summed E-state index contributed by atoms with van der Waals surface area (Å²) < 4.78 is 31.2. The fraction of sp³-hybridized carbons (Fsp3) is 0.500. The molecule has 0 spiro atoms. The summed E-state index contributed by atoms with van der Waals surface area (Å²) in [5.74, 6) is -1.28. The smallest absolute Gasteiger partial charge is 0.249 e. The molecule has 1 aromatic rings. The molecule has 0 bridgehead atoms. The summed E-state index contributed by atoms with van der Waals surface area (Å²) in [6.07, 6.45) is -0.583. The van der Waals surface area contributed by atoms with Crippen molar-refractivity contribution in [3.05, 3.63) is 35.4 Å². The molecule has 0 saturated carbocycles. The van der Waals surface area contributed by atoms with E-state index in [1.807, 2.05) is 13.8 Å². The van der Waals surface area contributed by atoms with Crippen molar-refractivity contribution in [3.63, 3.8) is 0 Å². The topological polar surface area (TPSA) is 38.3 Å². The van der Waals surface area contributed by atoms with Crippen molar-refractivity contribution >= 4 is 5.91 Å². The van der Waals surface area contributed by atoms with Gasteiger partial charge in [0, 0.05) is 19.2 Å². The van der Waals surface area contributed by atoms with E-state index in [1.54, 1.807) is 6.92 Å². The highest BCUT2D eigenvalue weighted by Crippen LogP contribution is 2.08. The van der Waals surface area contributed by atoms with E-state index in [0.29, 0.717) is 18.1 Å². The van der Waals surface area contributed by atoms with Gasteiger partial charge < -0.3 is 10.1 Å². The maximum Gasteiger partial charge on any atom is 0.249 e. The normalized spacial score (nSPS) is 12.5. The summed E-state index contributed by atoms with van der Waals surface area (Å²) in [5, 5.41) is 2.58. The maximum absolute atomic E-state index is 12.9. The predicted octanol–water partition coefficient (Wildman–Crippen LogP) is 2.64. The molecular weight excluding hydrogens is 252 g/mol. The summed E-state index contributed by atoms with van der Waals surface area (Å²) in [5.41, 5.74) is 0.377. The Kier molecular flexibility index (Phi) is 5.89. The first-order valence-corrected chi connectivity index (χ1v) is 6.22. The molecule has 0 aromatic heterocycles. The van der Waals surface area contributed by atoms with Crippen molar-refractivity contribution in [2.45, 2.75) is 33.4 Å². The highest BCUT2D eigenvalue weighted by Gasteiger charge is 2.13. The number of amides is 1. The first kappa shape index (κ1) is 15.6. The van der Waals surface area contributed by atoms with E-state index in [1.165, 1.54) is 12.1 Å². The average Bonchev–Trinajstić information content (AvgIpc) is 2.31. The molecule has 0 aliphatic carbocycles. The van der Waals surface area contributed by atoms with Crippen LogP contribution in [0, 0.1) is 17.6 Å². The van der Waals surface area contributed by atoms with Gasteiger partial charge in [-0.1, -0.05) is 13.8 Å². The maximum atomic E-state index is 12.9. The fourth-order valence-electron chi connectivity index (χ4n) is 1.46. The van der Waals surface area contributed by atoms with Gasteiger partial charge in [0.1, 0.15) is 17.7 Å². The van der Waals surface area contributed by atoms with Gasteiger partial charge in [0.05, 0.1) is 0 Å². The van der Waals surface area contributed by atoms with Crippen LogP contribution in [0.1, 0.15) is 26.3 Å². The Morgan fingerprint density at radius 1 is 1.21 bits per heavy atom. The van der Waals surface area contributed by atoms with Crippen molar-refractivity contribution in [1.82, 2.24) is 5.32 Å². The van der Waals surface area contributed by atoms with Gasteiger partial charge in [-0.25, -0.2) is 8.78 Å². The first-order valence-electron chi connectivity index (χ1n) is 6.22. The van der Waals surface area contributed by atoms with Crippen LogP contribution in [0.2, 0.25) is 0 Å². The van der Waals surface area contributed by atoms with E-state index in [2.05, 4.69) is 5.32 Å². The summed E-state index contributed by atoms with van der Waals surface area (Å²) in [6.45, 7) is 6.18. The van der Waals surface area contributed by atoms with Crippen LogP contribution in [0.15, 0.2) is 18.2 Å². The lowest BCUT2D eigenvalue weighted by molar-refractivity contribution is -0.132. The highest BCUT2D eigenvalue weighted by atomic mass is 19.1. The summed E-state index contributed by atoms with van der Waals surface area (Å²) >= 11 is 0. The molecule has 1 aromatic carbocycles. The monoisotopic (exact) mass is 271 g/mol. The quantitative estimate of drug-likeness (QED) is 0.863. The molecule has 0 heterocycles. The summed E-state index contributed by atoms with van der Waals surface area (Å²) in [4.78, 5) is 11.7. The van der Waals surface area contributed by atoms with Crippen LogP contribution in [0.3, 0.4) is 0 Å². The molecule has 0 fully saturated rings. The molecule has 1 unspecified atom stereocenters. The summed E-state index contributed by atoms with van der Waals surface area (Å²) in [6, 6.07) is 3.16. The van der Waals surface area contributed by atoms with Crippen LogP contribution in [0.25, 0.3) is 0 Å². The third-order valence-electron chi connectivity index (χ3n) is 2.44. The lowest BCUT2D eigenvalue weighted by Gasteiger charge is -2.14.